The number of ether oxygens (including phenoxy) is 1. The van der Waals surface area contributed by atoms with Gasteiger partial charge in [0.05, 0.1) is 11.6 Å². The van der Waals surface area contributed by atoms with Crippen molar-refractivity contribution >= 4 is 61.2 Å². The summed E-state index contributed by atoms with van der Waals surface area (Å²) >= 11 is 11.4. The summed E-state index contributed by atoms with van der Waals surface area (Å²) in [5.41, 5.74) is 0.714. The molecule has 0 bridgehead atoms. The van der Waals surface area contributed by atoms with Crippen molar-refractivity contribution in [2.75, 3.05) is 7.11 Å². The molecule has 0 spiro atoms. The van der Waals surface area contributed by atoms with Gasteiger partial charge in [-0.3, -0.25) is 10.1 Å². The van der Waals surface area contributed by atoms with Gasteiger partial charge in [0.15, 0.2) is 10.9 Å². The Balaban J connectivity index is 2.50. The summed E-state index contributed by atoms with van der Waals surface area (Å²) in [6.45, 7) is 0. The summed E-state index contributed by atoms with van der Waals surface area (Å²) in [5, 5.41) is 15.4. The second kappa shape index (κ2) is 5.48. The molecule has 1 heterocycles. The first kappa shape index (κ1) is 14.3. The smallest absolute Gasteiger partial charge is 0.273 e. The minimum atomic E-state index is -0.340. The van der Waals surface area contributed by atoms with Crippen LogP contribution in [0.1, 0.15) is 5.56 Å². The Bertz CT molecular complexity index is 616. The number of phenols is 1. The minimum absolute atomic E-state index is 0.0278. The van der Waals surface area contributed by atoms with Crippen LogP contribution in [-0.2, 0) is 4.79 Å². The van der Waals surface area contributed by atoms with E-state index in [9.17, 15) is 9.90 Å². The van der Waals surface area contributed by atoms with Crippen molar-refractivity contribution in [1.82, 2.24) is 10.6 Å². The number of hydrogen-bond acceptors (Lipinski definition) is 4. The van der Waals surface area contributed by atoms with Crippen LogP contribution in [0.25, 0.3) is 6.08 Å². The van der Waals surface area contributed by atoms with Gasteiger partial charge < -0.3 is 15.2 Å². The summed E-state index contributed by atoms with van der Waals surface area (Å²) in [6.07, 6.45) is 1.50. The summed E-state index contributed by atoms with van der Waals surface area (Å²) in [7, 11) is 1.49. The first-order valence-corrected chi connectivity index (χ1v) is 7.02. The Morgan fingerprint density at radius 3 is 2.63 bits per heavy atom. The SMILES string of the molecule is COc1c(Br)cc(/C=C2\NC(=S)NC2=O)c(O)c1Br. The van der Waals surface area contributed by atoms with Gasteiger partial charge in [0.2, 0.25) is 0 Å². The number of nitrogens with one attached hydrogen (secondary N) is 2. The number of benzene rings is 1. The van der Waals surface area contributed by atoms with E-state index in [2.05, 4.69) is 42.5 Å². The van der Waals surface area contributed by atoms with Crippen molar-refractivity contribution in [3.8, 4) is 11.5 Å². The lowest BCUT2D eigenvalue weighted by atomic mass is 10.1. The van der Waals surface area contributed by atoms with E-state index in [4.69, 9.17) is 17.0 Å². The molecule has 1 aromatic rings. The lowest BCUT2D eigenvalue weighted by Gasteiger charge is -2.10. The van der Waals surface area contributed by atoms with E-state index < -0.39 is 0 Å². The Morgan fingerprint density at radius 1 is 1.42 bits per heavy atom. The predicted octanol–water partition coefficient (Wildman–Crippen LogP) is 2.27. The lowest BCUT2D eigenvalue weighted by molar-refractivity contribution is -0.115. The molecule has 1 amide bonds. The van der Waals surface area contributed by atoms with E-state index in [1.807, 2.05) is 0 Å². The van der Waals surface area contributed by atoms with Crippen molar-refractivity contribution < 1.29 is 14.6 Å². The zero-order valence-corrected chi connectivity index (χ0v) is 13.6. The Kier molecular flexibility index (Phi) is 4.12. The van der Waals surface area contributed by atoms with Gasteiger partial charge in [-0.2, -0.15) is 0 Å². The van der Waals surface area contributed by atoms with Gasteiger partial charge in [-0.1, -0.05) is 0 Å². The van der Waals surface area contributed by atoms with Gasteiger partial charge in [0.25, 0.3) is 5.91 Å². The molecule has 100 valence electrons. The summed E-state index contributed by atoms with van der Waals surface area (Å²) < 4.78 is 6.18. The maximum atomic E-state index is 11.5. The van der Waals surface area contributed by atoms with Crippen molar-refractivity contribution in [1.29, 1.82) is 0 Å². The maximum Gasteiger partial charge on any atom is 0.273 e. The number of carbonyl (C=O) groups excluding carboxylic acids is 1. The van der Waals surface area contributed by atoms with Crippen LogP contribution in [0.15, 0.2) is 20.7 Å². The normalized spacial score (nSPS) is 16.5. The highest BCUT2D eigenvalue weighted by Crippen LogP contribution is 2.42. The first-order chi connectivity index (χ1) is 8.93. The number of rotatable bonds is 2. The third-order valence-electron chi connectivity index (χ3n) is 2.40. The molecule has 1 aliphatic heterocycles. The molecule has 0 radical (unpaired) electrons. The van der Waals surface area contributed by atoms with E-state index in [1.54, 1.807) is 6.07 Å². The molecule has 0 unspecified atom stereocenters. The molecule has 1 aliphatic rings. The molecule has 19 heavy (non-hydrogen) atoms. The topological polar surface area (TPSA) is 70.6 Å². The molecule has 8 heteroatoms. The highest BCUT2D eigenvalue weighted by atomic mass is 79.9. The summed E-state index contributed by atoms with van der Waals surface area (Å²) in [5.74, 6) is 0.103. The van der Waals surface area contributed by atoms with Crippen LogP contribution in [-0.4, -0.2) is 23.2 Å². The van der Waals surface area contributed by atoms with Crippen LogP contribution in [0.2, 0.25) is 0 Å². The summed E-state index contributed by atoms with van der Waals surface area (Å²) in [4.78, 5) is 11.5. The van der Waals surface area contributed by atoms with Gasteiger partial charge in [0, 0.05) is 5.56 Å². The molecule has 1 aromatic carbocycles. The number of carbonyl (C=O) groups is 1. The fraction of sp³-hybridized carbons (Fsp3) is 0.0909. The number of methoxy groups -OCH3 is 1. The molecule has 0 atom stereocenters. The predicted molar refractivity (Wildman–Crippen MR) is 81.9 cm³/mol. The third-order valence-corrected chi connectivity index (χ3v) is 3.93. The van der Waals surface area contributed by atoms with Gasteiger partial charge in [-0.05, 0) is 56.2 Å². The number of thiocarbonyl (C=S) groups is 1. The fourth-order valence-corrected chi connectivity index (χ4v) is 3.22. The van der Waals surface area contributed by atoms with E-state index in [1.165, 1.54) is 13.2 Å². The zero-order valence-electron chi connectivity index (χ0n) is 9.58. The molecular formula is C11H8Br2N2O3S. The number of amides is 1. The van der Waals surface area contributed by atoms with Crippen LogP contribution >= 0.6 is 44.1 Å². The van der Waals surface area contributed by atoms with Gasteiger partial charge >= 0.3 is 0 Å². The largest absolute Gasteiger partial charge is 0.506 e. The van der Waals surface area contributed by atoms with Gasteiger partial charge in [0.1, 0.15) is 15.9 Å². The van der Waals surface area contributed by atoms with Crippen LogP contribution in [0, 0.1) is 0 Å². The Morgan fingerprint density at radius 2 is 2.11 bits per heavy atom. The van der Waals surface area contributed by atoms with Crippen LogP contribution in [0.3, 0.4) is 0 Å². The zero-order chi connectivity index (χ0) is 14.2. The Labute approximate surface area is 131 Å². The molecule has 0 aromatic heterocycles. The second-order valence-electron chi connectivity index (χ2n) is 3.61. The average molecular weight is 408 g/mol. The van der Waals surface area contributed by atoms with Crippen molar-refractivity contribution in [3.63, 3.8) is 0 Å². The number of phenolic OH excluding ortho intramolecular Hbond substituents is 1. The quantitative estimate of drug-likeness (QED) is 0.518. The van der Waals surface area contributed by atoms with Crippen LogP contribution in [0.5, 0.6) is 11.5 Å². The molecule has 0 aliphatic carbocycles. The molecule has 1 saturated heterocycles. The van der Waals surface area contributed by atoms with Crippen molar-refractivity contribution in [3.05, 3.63) is 26.3 Å². The van der Waals surface area contributed by atoms with Crippen molar-refractivity contribution in [2.24, 2.45) is 0 Å². The Hall–Kier alpha value is -1.12. The monoisotopic (exact) mass is 406 g/mol. The molecule has 5 nitrogen and oxygen atoms in total. The standard InChI is InChI=1S/C11H8Br2N2O3S/c1-18-9-5(12)2-4(8(16)7(9)13)3-6-10(17)15-11(19)14-6/h2-3,16H,1H3,(H2,14,15,17,19)/b6-3-. The third kappa shape index (κ3) is 2.75. The first-order valence-electron chi connectivity index (χ1n) is 5.03. The maximum absolute atomic E-state index is 11.5. The van der Waals surface area contributed by atoms with Crippen LogP contribution in [0.4, 0.5) is 0 Å². The second-order valence-corrected chi connectivity index (χ2v) is 5.67. The molecule has 3 N–H and O–H groups in total. The van der Waals surface area contributed by atoms with Gasteiger partial charge in [-0.15, -0.1) is 0 Å². The van der Waals surface area contributed by atoms with E-state index >= 15 is 0 Å². The summed E-state index contributed by atoms with van der Waals surface area (Å²) in [6, 6.07) is 1.64. The highest BCUT2D eigenvalue weighted by molar-refractivity contribution is 9.11. The lowest BCUT2D eigenvalue weighted by Crippen LogP contribution is -2.21. The van der Waals surface area contributed by atoms with E-state index in [0.717, 1.165) is 0 Å². The van der Waals surface area contributed by atoms with Gasteiger partial charge in [-0.25, -0.2) is 0 Å². The van der Waals surface area contributed by atoms with Crippen molar-refractivity contribution in [2.45, 2.75) is 0 Å². The number of hydrogen-bond donors (Lipinski definition) is 3. The molecule has 0 saturated carbocycles. The molecular weight excluding hydrogens is 400 g/mol. The molecule has 1 fully saturated rings. The minimum Gasteiger partial charge on any atom is -0.506 e. The average Bonchev–Trinajstić information content (AvgIpc) is 2.65. The van der Waals surface area contributed by atoms with Crippen LogP contribution < -0.4 is 15.4 Å². The fourth-order valence-electron chi connectivity index (χ4n) is 1.54. The molecule has 2 rings (SSSR count). The number of aromatic hydroxyl groups is 1. The highest BCUT2D eigenvalue weighted by Gasteiger charge is 2.22. The van der Waals surface area contributed by atoms with E-state index in [0.29, 0.717) is 20.3 Å². The number of halogens is 2. The van der Waals surface area contributed by atoms with E-state index in [-0.39, 0.29) is 22.5 Å².